The quantitative estimate of drug-likeness (QED) is 0.494. The first-order valence-electron chi connectivity index (χ1n) is 4.21. The second kappa shape index (κ2) is 4.41. The Hall–Kier alpha value is 1.16. The van der Waals surface area contributed by atoms with Crippen molar-refractivity contribution in [2.45, 2.75) is 34.1 Å². The Morgan fingerprint density at radius 1 is 0.909 bits per heavy atom. The molecule has 0 rings (SSSR count). The van der Waals surface area contributed by atoms with E-state index in [9.17, 15) is 0 Å². The van der Waals surface area contributed by atoms with Crippen molar-refractivity contribution in [2.75, 3.05) is 0 Å². The second-order valence-electron chi connectivity index (χ2n) is 5.29. The second-order valence-corrected chi connectivity index (χ2v) is 34.5. The molecule has 0 heterocycles. The van der Waals surface area contributed by atoms with Gasteiger partial charge in [0, 0.05) is 0 Å². The fourth-order valence-corrected chi connectivity index (χ4v) is 5.55. The first kappa shape index (κ1) is 12.2. The summed E-state index contributed by atoms with van der Waals surface area (Å²) in [4.78, 5) is 14.5. The molecule has 0 aliphatic carbocycles. The standard InChI is InChI=1S/C3H2.6CH3.2Sn/c1-3-2;;;;;;;;/h1H2;6*1H3;;. The predicted octanol–water partition coefficient (Wildman–Crippen LogP) is 3.21. The molecule has 11 heavy (non-hydrogen) atoms. The van der Waals surface area contributed by atoms with Gasteiger partial charge in [0.2, 0.25) is 0 Å². The summed E-state index contributed by atoms with van der Waals surface area (Å²) in [6.45, 7) is 0. The molecule has 0 nitrogen and oxygen atoms in total. The first-order chi connectivity index (χ1) is 4.71. The molecule has 0 radical (unpaired) electrons. The van der Waals surface area contributed by atoms with Gasteiger partial charge in [-0.2, -0.15) is 0 Å². The van der Waals surface area contributed by atoms with Crippen molar-refractivity contribution in [1.29, 1.82) is 0 Å². The maximum absolute atomic E-state index is 3.49. The zero-order valence-electron chi connectivity index (χ0n) is 8.71. The Bertz CT molecular complexity index is 170. The molecule has 0 N–H and O–H groups in total. The van der Waals surface area contributed by atoms with E-state index in [-0.39, 0.29) is 0 Å². The molecule has 0 spiro atoms. The topological polar surface area (TPSA) is 0 Å². The molecule has 0 atom stereocenters. The normalized spacial score (nSPS) is 12.2. The summed E-state index contributed by atoms with van der Waals surface area (Å²) < 4.78 is 4.74. The van der Waals surface area contributed by atoms with Crippen LogP contribution in [-0.2, 0) is 0 Å². The Morgan fingerprint density at radius 2 is 1.36 bits per heavy atom. The molecule has 2 heteroatoms. The van der Waals surface area contributed by atoms with Crippen molar-refractivity contribution >= 4 is 36.8 Å². The molecule has 0 fully saturated rings. The van der Waals surface area contributed by atoms with Crippen LogP contribution in [0.25, 0.3) is 0 Å². The molecule has 0 aromatic carbocycles. The zero-order chi connectivity index (χ0) is 9.12. The van der Waals surface area contributed by atoms with Crippen LogP contribution in [0.3, 0.4) is 0 Å². The van der Waals surface area contributed by atoms with Gasteiger partial charge in [-0.05, 0) is 0 Å². The molecule has 64 valence electrons. The van der Waals surface area contributed by atoms with E-state index in [1.54, 1.807) is 0 Å². The van der Waals surface area contributed by atoms with Gasteiger partial charge in [0.15, 0.2) is 0 Å². The Kier molecular flexibility index (Phi) is 4.87. The third-order valence-corrected chi connectivity index (χ3v) is 7.26. The molecule has 0 saturated carbocycles. The fourth-order valence-electron chi connectivity index (χ4n) is 0.575. The Morgan fingerprint density at radius 3 is 1.64 bits per heavy atom. The van der Waals surface area contributed by atoms with Crippen molar-refractivity contribution in [3.05, 3.63) is 0 Å². The molecule has 0 aromatic heterocycles. The van der Waals surface area contributed by atoms with Crippen LogP contribution in [0.15, 0.2) is 0 Å². The van der Waals surface area contributed by atoms with Crippen LogP contribution < -0.4 is 0 Å². The van der Waals surface area contributed by atoms with E-state index in [4.69, 9.17) is 0 Å². The van der Waals surface area contributed by atoms with Crippen LogP contribution in [-0.4, -0.2) is 36.8 Å². The van der Waals surface area contributed by atoms with Gasteiger partial charge in [0.1, 0.15) is 0 Å². The van der Waals surface area contributed by atoms with Gasteiger partial charge in [-0.15, -0.1) is 0 Å². The van der Waals surface area contributed by atoms with Crippen LogP contribution >= 0.6 is 0 Å². The molecular formula is C9H20Sn2. The summed E-state index contributed by atoms with van der Waals surface area (Å²) in [5.41, 5.74) is 0. The number of hydrogen-bond donors (Lipinski definition) is 0. The zero-order valence-corrected chi connectivity index (χ0v) is 14.4. The monoisotopic (exact) mass is 368 g/mol. The van der Waals surface area contributed by atoms with E-state index in [0.29, 0.717) is 0 Å². The third kappa shape index (κ3) is 11.2. The van der Waals surface area contributed by atoms with Crippen molar-refractivity contribution in [3.8, 4) is 9.86 Å². The molecule has 0 amide bonds. The van der Waals surface area contributed by atoms with Crippen LogP contribution in [0.4, 0.5) is 0 Å². The van der Waals surface area contributed by atoms with Crippen LogP contribution in [0.5, 0.6) is 0 Å². The van der Waals surface area contributed by atoms with E-state index in [0.717, 1.165) is 0 Å². The molecular weight excluding hydrogens is 346 g/mol. The van der Waals surface area contributed by atoms with Gasteiger partial charge < -0.3 is 0 Å². The van der Waals surface area contributed by atoms with Gasteiger partial charge in [-0.3, -0.25) is 0 Å². The van der Waals surface area contributed by atoms with Gasteiger partial charge in [-0.25, -0.2) is 0 Å². The molecule has 0 unspecified atom stereocenters. The summed E-state index contributed by atoms with van der Waals surface area (Å²) >= 11 is -3.29. The Balaban J connectivity index is 3.94. The Labute approximate surface area is 79.9 Å². The van der Waals surface area contributed by atoms with Crippen molar-refractivity contribution in [3.63, 3.8) is 0 Å². The molecule has 0 aliphatic heterocycles. The molecule has 0 saturated heterocycles. The third-order valence-electron chi connectivity index (χ3n) is 1.08. The summed E-state index contributed by atoms with van der Waals surface area (Å²) in [6.07, 6.45) is 0. The van der Waals surface area contributed by atoms with Crippen molar-refractivity contribution in [1.82, 2.24) is 0 Å². The fraction of sp³-hybridized carbons (Fsp3) is 0.778. The average Bonchev–Trinajstić information content (AvgIpc) is 1.55. The maximum atomic E-state index is 3.49. The average molecular weight is 366 g/mol. The first-order valence-corrected chi connectivity index (χ1v) is 24.8. The minimum atomic E-state index is -1.74. The van der Waals surface area contributed by atoms with Crippen LogP contribution in [0, 0.1) is 9.86 Å². The van der Waals surface area contributed by atoms with E-state index < -0.39 is 36.8 Å². The van der Waals surface area contributed by atoms with Gasteiger partial charge in [0.05, 0.1) is 0 Å². The number of rotatable bonds is 1. The predicted molar refractivity (Wildman–Crippen MR) is 59.3 cm³/mol. The van der Waals surface area contributed by atoms with Crippen LogP contribution in [0.1, 0.15) is 0 Å². The molecule has 0 aromatic rings. The van der Waals surface area contributed by atoms with E-state index in [1.807, 2.05) is 0 Å². The van der Waals surface area contributed by atoms with Crippen molar-refractivity contribution in [2.24, 2.45) is 0 Å². The molecule has 0 bridgehead atoms. The van der Waals surface area contributed by atoms with Crippen LogP contribution in [0.2, 0.25) is 34.1 Å². The van der Waals surface area contributed by atoms with E-state index >= 15 is 0 Å². The van der Waals surface area contributed by atoms with Gasteiger partial charge >= 0.3 is 80.7 Å². The number of hydrogen-bond acceptors (Lipinski definition) is 0. The SMILES string of the molecule is [CH3][Sn]([CH3])([CH3])[C]#C[CH2][Sn]([CH3])([CH3])[CH3]. The summed E-state index contributed by atoms with van der Waals surface area (Å²) in [5, 5.41) is 0. The summed E-state index contributed by atoms with van der Waals surface area (Å²) in [6, 6.07) is 0. The van der Waals surface area contributed by atoms with Crippen molar-refractivity contribution < 1.29 is 0 Å². The summed E-state index contributed by atoms with van der Waals surface area (Å²) in [7, 11) is 0. The molecule has 0 aliphatic rings. The minimum absolute atomic E-state index is 1.25. The summed E-state index contributed by atoms with van der Waals surface area (Å²) in [5.74, 6) is 3.40. The van der Waals surface area contributed by atoms with Gasteiger partial charge in [0.25, 0.3) is 0 Å². The van der Waals surface area contributed by atoms with E-state index in [2.05, 4.69) is 39.5 Å². The van der Waals surface area contributed by atoms with Gasteiger partial charge in [-0.1, -0.05) is 0 Å². The van der Waals surface area contributed by atoms with E-state index in [1.165, 1.54) is 4.44 Å².